The quantitative estimate of drug-likeness (QED) is 0.276. The van der Waals surface area contributed by atoms with E-state index in [-0.39, 0.29) is 16.9 Å². The minimum Gasteiger partial charge on any atom is -0.493 e. The molecule has 7 heteroatoms. The first kappa shape index (κ1) is 20.6. The third kappa shape index (κ3) is 4.82. The smallest absolute Gasteiger partial charge is 0.344 e. The Hall–Kier alpha value is -4.13. The Morgan fingerprint density at radius 2 is 1.60 bits per heavy atom. The van der Waals surface area contributed by atoms with Crippen molar-refractivity contribution in [1.82, 2.24) is 0 Å². The zero-order valence-corrected chi connectivity index (χ0v) is 16.5. The van der Waals surface area contributed by atoms with Gasteiger partial charge >= 0.3 is 11.9 Å². The van der Waals surface area contributed by atoms with Gasteiger partial charge in [-0.25, -0.2) is 9.59 Å². The molecule has 0 heterocycles. The Labute approximate surface area is 173 Å². The molecule has 0 radical (unpaired) electrons. The zero-order chi connectivity index (χ0) is 21.5. The standard InChI is InChI=1S/C23H20N2O5/c1-25(17-8-4-3-5-9-17)24-15-16-12-13-20(29-2)21(14-16)30-23(28)19-11-7-6-10-18(19)22(26)27/h3-15H,1-2H3,(H,26,27)/b24-15+. The fourth-order valence-corrected chi connectivity index (χ4v) is 2.72. The molecule has 0 amide bonds. The van der Waals surface area contributed by atoms with E-state index in [4.69, 9.17) is 9.47 Å². The van der Waals surface area contributed by atoms with Gasteiger partial charge in [0.25, 0.3) is 0 Å². The monoisotopic (exact) mass is 404 g/mol. The van der Waals surface area contributed by atoms with Crippen LogP contribution in [-0.4, -0.2) is 37.4 Å². The van der Waals surface area contributed by atoms with E-state index in [0.29, 0.717) is 11.3 Å². The molecule has 1 N–H and O–H groups in total. The number of rotatable bonds is 7. The van der Waals surface area contributed by atoms with E-state index < -0.39 is 11.9 Å². The van der Waals surface area contributed by atoms with Crippen LogP contribution in [0, 0.1) is 0 Å². The van der Waals surface area contributed by atoms with Crippen molar-refractivity contribution in [3.05, 3.63) is 89.5 Å². The zero-order valence-electron chi connectivity index (χ0n) is 16.5. The summed E-state index contributed by atoms with van der Waals surface area (Å²) in [5.74, 6) is -1.50. The van der Waals surface area contributed by atoms with Gasteiger partial charge < -0.3 is 14.6 Å². The number of esters is 1. The number of carboxylic acid groups (broad SMARTS) is 1. The molecule has 0 bridgehead atoms. The summed E-state index contributed by atoms with van der Waals surface area (Å²) in [6, 6.07) is 20.5. The van der Waals surface area contributed by atoms with E-state index in [1.807, 2.05) is 37.4 Å². The van der Waals surface area contributed by atoms with Gasteiger partial charge in [0.15, 0.2) is 11.5 Å². The summed E-state index contributed by atoms with van der Waals surface area (Å²) in [5.41, 5.74) is 1.41. The van der Waals surface area contributed by atoms with Gasteiger partial charge in [0.05, 0.1) is 30.1 Å². The van der Waals surface area contributed by atoms with Crippen molar-refractivity contribution in [2.75, 3.05) is 19.2 Å². The summed E-state index contributed by atoms with van der Waals surface area (Å²) in [6.45, 7) is 0. The number of hydrogen-bond acceptors (Lipinski definition) is 6. The van der Waals surface area contributed by atoms with Crippen LogP contribution in [0.5, 0.6) is 11.5 Å². The Balaban J connectivity index is 1.84. The number of aromatic carboxylic acids is 1. The van der Waals surface area contributed by atoms with E-state index in [9.17, 15) is 14.7 Å². The van der Waals surface area contributed by atoms with Crippen molar-refractivity contribution in [2.45, 2.75) is 0 Å². The lowest BCUT2D eigenvalue weighted by molar-refractivity contribution is 0.0666. The maximum atomic E-state index is 12.6. The molecular weight excluding hydrogens is 384 g/mol. The molecule has 3 aromatic carbocycles. The van der Waals surface area contributed by atoms with Gasteiger partial charge in [0, 0.05) is 7.05 Å². The second kappa shape index (κ2) is 9.38. The lowest BCUT2D eigenvalue weighted by Crippen LogP contribution is -2.14. The summed E-state index contributed by atoms with van der Waals surface area (Å²) in [7, 11) is 3.27. The summed E-state index contributed by atoms with van der Waals surface area (Å²) >= 11 is 0. The molecule has 3 rings (SSSR count). The third-order valence-corrected chi connectivity index (χ3v) is 4.28. The predicted octanol–water partition coefficient (Wildman–Crippen LogP) is 4.08. The summed E-state index contributed by atoms with van der Waals surface area (Å²) in [6.07, 6.45) is 1.62. The summed E-state index contributed by atoms with van der Waals surface area (Å²) < 4.78 is 10.7. The van der Waals surface area contributed by atoms with Crippen molar-refractivity contribution < 1.29 is 24.2 Å². The first-order chi connectivity index (χ1) is 14.5. The molecule has 0 aliphatic heterocycles. The van der Waals surface area contributed by atoms with Crippen LogP contribution < -0.4 is 14.5 Å². The van der Waals surface area contributed by atoms with Gasteiger partial charge in [-0.3, -0.25) is 5.01 Å². The van der Waals surface area contributed by atoms with Gasteiger partial charge in [0.1, 0.15) is 0 Å². The molecule has 0 saturated carbocycles. The van der Waals surface area contributed by atoms with E-state index in [2.05, 4.69) is 5.10 Å². The number of hydrazone groups is 1. The van der Waals surface area contributed by atoms with Crippen LogP contribution in [0.1, 0.15) is 26.3 Å². The minimum atomic E-state index is -1.21. The van der Waals surface area contributed by atoms with Crippen molar-refractivity contribution in [2.24, 2.45) is 5.10 Å². The predicted molar refractivity (Wildman–Crippen MR) is 114 cm³/mol. The highest BCUT2D eigenvalue weighted by atomic mass is 16.6. The number of hydrogen-bond donors (Lipinski definition) is 1. The Kier molecular flexibility index (Phi) is 6.44. The third-order valence-electron chi connectivity index (χ3n) is 4.28. The molecule has 0 aliphatic rings. The first-order valence-corrected chi connectivity index (χ1v) is 9.05. The molecule has 7 nitrogen and oxygen atoms in total. The highest BCUT2D eigenvalue weighted by molar-refractivity contribution is 6.03. The number of anilines is 1. The Bertz CT molecular complexity index is 1080. The molecule has 0 aromatic heterocycles. The van der Waals surface area contributed by atoms with Crippen LogP contribution in [0.15, 0.2) is 77.9 Å². The Morgan fingerprint density at radius 1 is 0.933 bits per heavy atom. The van der Waals surface area contributed by atoms with E-state index in [1.54, 1.807) is 41.6 Å². The lowest BCUT2D eigenvalue weighted by atomic mass is 10.1. The lowest BCUT2D eigenvalue weighted by Gasteiger charge is -2.13. The van der Waals surface area contributed by atoms with E-state index >= 15 is 0 Å². The van der Waals surface area contributed by atoms with E-state index in [0.717, 1.165) is 5.69 Å². The molecule has 0 atom stereocenters. The summed E-state index contributed by atoms with van der Waals surface area (Å²) in [4.78, 5) is 24.0. The second-order valence-corrected chi connectivity index (χ2v) is 6.25. The summed E-state index contributed by atoms with van der Waals surface area (Å²) in [5, 5.41) is 15.4. The highest BCUT2D eigenvalue weighted by Gasteiger charge is 2.19. The van der Waals surface area contributed by atoms with Crippen molar-refractivity contribution >= 4 is 23.8 Å². The minimum absolute atomic E-state index is 0.0464. The molecule has 152 valence electrons. The maximum absolute atomic E-state index is 12.6. The normalized spacial score (nSPS) is 10.6. The van der Waals surface area contributed by atoms with Gasteiger partial charge in [-0.2, -0.15) is 5.10 Å². The highest BCUT2D eigenvalue weighted by Crippen LogP contribution is 2.29. The number of ether oxygens (including phenoxy) is 2. The van der Waals surface area contributed by atoms with Crippen LogP contribution in [0.4, 0.5) is 5.69 Å². The fourth-order valence-electron chi connectivity index (χ4n) is 2.72. The fraction of sp³-hybridized carbons (Fsp3) is 0.0870. The number of carboxylic acids is 1. The largest absolute Gasteiger partial charge is 0.493 e. The molecular formula is C23H20N2O5. The first-order valence-electron chi connectivity index (χ1n) is 9.05. The molecule has 0 saturated heterocycles. The number of carbonyl (C=O) groups is 2. The van der Waals surface area contributed by atoms with E-state index in [1.165, 1.54) is 19.2 Å². The number of carbonyl (C=O) groups excluding carboxylic acids is 1. The van der Waals surface area contributed by atoms with Crippen molar-refractivity contribution in [3.8, 4) is 11.5 Å². The van der Waals surface area contributed by atoms with Gasteiger partial charge in [-0.1, -0.05) is 30.3 Å². The number of methoxy groups -OCH3 is 1. The topological polar surface area (TPSA) is 88.4 Å². The van der Waals surface area contributed by atoms with Gasteiger partial charge in [-0.15, -0.1) is 0 Å². The molecule has 0 unspecified atom stereocenters. The van der Waals surface area contributed by atoms with Gasteiger partial charge in [0.2, 0.25) is 0 Å². The van der Waals surface area contributed by atoms with Crippen LogP contribution in [-0.2, 0) is 0 Å². The number of para-hydroxylation sites is 1. The van der Waals surface area contributed by atoms with Crippen LogP contribution >= 0.6 is 0 Å². The maximum Gasteiger partial charge on any atom is 0.344 e. The molecule has 0 fully saturated rings. The molecule has 30 heavy (non-hydrogen) atoms. The Morgan fingerprint density at radius 3 is 2.27 bits per heavy atom. The molecule has 0 spiro atoms. The van der Waals surface area contributed by atoms with Crippen molar-refractivity contribution in [1.29, 1.82) is 0 Å². The molecule has 0 aliphatic carbocycles. The van der Waals surface area contributed by atoms with Crippen LogP contribution in [0.2, 0.25) is 0 Å². The van der Waals surface area contributed by atoms with Crippen molar-refractivity contribution in [3.63, 3.8) is 0 Å². The number of nitrogens with zero attached hydrogens (tertiary/aromatic N) is 2. The van der Waals surface area contributed by atoms with Gasteiger partial charge in [-0.05, 0) is 48.0 Å². The van der Waals surface area contributed by atoms with Crippen LogP contribution in [0.3, 0.4) is 0 Å². The average Bonchev–Trinajstić information content (AvgIpc) is 2.78. The second-order valence-electron chi connectivity index (χ2n) is 6.25. The molecule has 3 aromatic rings. The average molecular weight is 404 g/mol. The number of benzene rings is 3. The SMILES string of the molecule is COc1ccc(/C=N/N(C)c2ccccc2)cc1OC(=O)c1ccccc1C(=O)O. The van der Waals surface area contributed by atoms with Crippen LogP contribution in [0.25, 0.3) is 0 Å².